The van der Waals surface area contributed by atoms with Crippen molar-refractivity contribution in [3.05, 3.63) is 17.0 Å². The van der Waals surface area contributed by atoms with E-state index in [-0.39, 0.29) is 12.1 Å². The molecule has 3 nitrogen and oxygen atoms in total. The maximum atomic E-state index is 12.9. The highest BCUT2D eigenvalue weighted by molar-refractivity contribution is 7.91. The molecule has 1 aromatic rings. The summed E-state index contributed by atoms with van der Waals surface area (Å²) in [6.07, 6.45) is 7.77. The van der Waals surface area contributed by atoms with E-state index in [9.17, 15) is 8.42 Å². The third-order valence-corrected chi connectivity index (χ3v) is 7.56. The average molecular weight is 299 g/mol. The van der Waals surface area contributed by atoms with Crippen LogP contribution in [-0.4, -0.2) is 24.8 Å². The summed E-state index contributed by atoms with van der Waals surface area (Å²) in [7, 11) is -3.26. The summed E-state index contributed by atoms with van der Waals surface area (Å²) in [4.78, 5) is 1.07. The van der Waals surface area contributed by atoms with Gasteiger partial charge in [-0.2, -0.15) is 4.31 Å². The zero-order valence-corrected chi connectivity index (χ0v) is 13.0. The largest absolute Gasteiger partial charge is 0.253 e. The summed E-state index contributed by atoms with van der Waals surface area (Å²) in [6.45, 7) is 1.96. The average Bonchev–Trinajstić information content (AvgIpc) is 3.10. The van der Waals surface area contributed by atoms with Crippen LogP contribution in [0, 0.1) is 6.92 Å². The van der Waals surface area contributed by atoms with E-state index in [2.05, 4.69) is 0 Å². The number of hydrogen-bond donors (Lipinski definition) is 0. The van der Waals surface area contributed by atoms with Crippen molar-refractivity contribution in [2.24, 2.45) is 0 Å². The minimum atomic E-state index is -3.26. The number of thiophene rings is 1. The molecule has 0 spiro atoms. The van der Waals surface area contributed by atoms with Crippen molar-refractivity contribution >= 4 is 21.4 Å². The highest BCUT2D eigenvalue weighted by atomic mass is 32.2. The normalized spacial score (nSPS) is 22.0. The summed E-state index contributed by atoms with van der Waals surface area (Å²) < 4.78 is 28.1. The van der Waals surface area contributed by atoms with Crippen LogP contribution in [0.1, 0.15) is 49.8 Å². The van der Waals surface area contributed by atoms with Gasteiger partial charge in [0, 0.05) is 17.0 Å². The first kappa shape index (κ1) is 13.6. The van der Waals surface area contributed by atoms with Gasteiger partial charge in [0.2, 0.25) is 0 Å². The van der Waals surface area contributed by atoms with Crippen molar-refractivity contribution in [3.8, 4) is 0 Å². The Bertz CT molecular complexity index is 540. The Balaban J connectivity index is 1.90. The van der Waals surface area contributed by atoms with Gasteiger partial charge < -0.3 is 0 Å². The molecule has 1 heterocycles. The van der Waals surface area contributed by atoms with E-state index in [0.717, 1.165) is 30.6 Å². The molecule has 0 N–H and O–H groups in total. The van der Waals surface area contributed by atoms with Crippen molar-refractivity contribution < 1.29 is 8.42 Å². The number of rotatable bonds is 4. The molecule has 106 valence electrons. The Morgan fingerprint density at radius 2 is 1.68 bits per heavy atom. The van der Waals surface area contributed by atoms with E-state index < -0.39 is 10.0 Å². The molecule has 0 atom stereocenters. The fraction of sp³-hybridized carbons (Fsp3) is 0.714. The Morgan fingerprint density at radius 3 is 2.21 bits per heavy atom. The molecule has 0 aliphatic heterocycles. The third-order valence-electron chi connectivity index (χ3n) is 4.09. The van der Waals surface area contributed by atoms with Gasteiger partial charge in [-0.05, 0) is 44.7 Å². The monoisotopic (exact) mass is 299 g/mol. The molecular weight excluding hydrogens is 278 g/mol. The van der Waals surface area contributed by atoms with Gasteiger partial charge in [0.15, 0.2) is 0 Å². The van der Waals surface area contributed by atoms with Gasteiger partial charge in [-0.15, -0.1) is 11.3 Å². The lowest BCUT2D eigenvalue weighted by molar-refractivity contribution is 0.247. The van der Waals surface area contributed by atoms with Gasteiger partial charge in [0.05, 0.1) is 0 Å². The molecule has 0 aromatic carbocycles. The maximum absolute atomic E-state index is 12.9. The summed E-state index contributed by atoms with van der Waals surface area (Å²) >= 11 is 1.40. The van der Waals surface area contributed by atoms with Gasteiger partial charge in [0.1, 0.15) is 4.21 Å². The molecule has 19 heavy (non-hydrogen) atoms. The number of aryl methyl sites for hydroxylation is 1. The molecule has 2 saturated carbocycles. The van der Waals surface area contributed by atoms with Crippen LogP contribution in [0.2, 0.25) is 0 Å². The molecule has 0 bridgehead atoms. The van der Waals surface area contributed by atoms with Gasteiger partial charge in [-0.3, -0.25) is 0 Å². The molecule has 3 rings (SSSR count). The van der Waals surface area contributed by atoms with Crippen molar-refractivity contribution in [2.75, 3.05) is 0 Å². The molecule has 0 unspecified atom stereocenters. The number of hydrogen-bond acceptors (Lipinski definition) is 3. The summed E-state index contributed by atoms with van der Waals surface area (Å²) in [6, 6.07) is 4.20. The van der Waals surface area contributed by atoms with Crippen LogP contribution >= 0.6 is 11.3 Å². The zero-order chi connectivity index (χ0) is 13.5. The Morgan fingerprint density at radius 1 is 1.05 bits per heavy atom. The fourth-order valence-corrected chi connectivity index (χ4v) is 6.33. The van der Waals surface area contributed by atoms with Crippen LogP contribution < -0.4 is 0 Å². The lowest BCUT2D eigenvalue weighted by Gasteiger charge is -2.33. The zero-order valence-electron chi connectivity index (χ0n) is 11.3. The minimum Gasteiger partial charge on any atom is -0.206 e. The van der Waals surface area contributed by atoms with Crippen LogP contribution in [0.3, 0.4) is 0 Å². The first-order valence-corrected chi connectivity index (χ1v) is 9.44. The summed E-state index contributed by atoms with van der Waals surface area (Å²) in [5, 5.41) is 0. The first-order valence-electron chi connectivity index (χ1n) is 7.19. The molecule has 2 fully saturated rings. The highest BCUT2D eigenvalue weighted by Gasteiger charge is 2.43. The molecule has 1 aromatic heterocycles. The van der Waals surface area contributed by atoms with E-state index in [1.807, 2.05) is 17.3 Å². The molecule has 0 radical (unpaired) electrons. The van der Waals surface area contributed by atoms with Crippen LogP contribution in [-0.2, 0) is 10.0 Å². The fourth-order valence-electron chi connectivity index (χ4n) is 3.01. The third kappa shape index (κ3) is 2.73. The smallest absolute Gasteiger partial charge is 0.206 e. The topological polar surface area (TPSA) is 37.4 Å². The van der Waals surface area contributed by atoms with E-state index in [0.29, 0.717) is 4.21 Å². The first-order chi connectivity index (χ1) is 9.09. The second-order valence-electron chi connectivity index (χ2n) is 5.72. The standard InChI is InChI=1S/C14H21NO2S2/c1-11-7-10-14(18-11)19(16,17)15(13-8-9-13)12-5-3-2-4-6-12/h7,10,12-13H,2-6,8-9H2,1H3. The molecular formula is C14H21NO2S2. The highest BCUT2D eigenvalue weighted by Crippen LogP contribution is 2.39. The second-order valence-corrected chi connectivity index (χ2v) is 9.08. The second kappa shape index (κ2) is 5.19. The number of nitrogens with zero attached hydrogens (tertiary/aromatic N) is 1. The summed E-state index contributed by atoms with van der Waals surface area (Å²) in [5.41, 5.74) is 0. The molecule has 2 aliphatic rings. The van der Waals surface area contributed by atoms with Crippen LogP contribution in [0.25, 0.3) is 0 Å². The van der Waals surface area contributed by atoms with Crippen molar-refractivity contribution in [3.63, 3.8) is 0 Å². The minimum absolute atomic E-state index is 0.244. The van der Waals surface area contributed by atoms with Crippen LogP contribution in [0.5, 0.6) is 0 Å². The SMILES string of the molecule is Cc1ccc(S(=O)(=O)N(C2CCCCC2)C2CC2)s1. The van der Waals surface area contributed by atoms with Gasteiger partial charge >= 0.3 is 0 Å². The van der Waals surface area contributed by atoms with Crippen LogP contribution in [0.4, 0.5) is 0 Å². The lowest BCUT2D eigenvalue weighted by Crippen LogP contribution is -2.42. The van der Waals surface area contributed by atoms with Crippen LogP contribution in [0.15, 0.2) is 16.3 Å². The Labute approximate surface area is 119 Å². The molecule has 0 saturated heterocycles. The van der Waals surface area contributed by atoms with E-state index in [1.165, 1.54) is 30.6 Å². The molecule has 5 heteroatoms. The van der Waals surface area contributed by atoms with Crippen molar-refractivity contribution in [1.82, 2.24) is 4.31 Å². The predicted octanol–water partition coefficient (Wildman–Crippen LogP) is 3.54. The van der Waals surface area contributed by atoms with Crippen molar-refractivity contribution in [2.45, 2.75) is 68.2 Å². The van der Waals surface area contributed by atoms with Gasteiger partial charge in [-0.1, -0.05) is 19.3 Å². The lowest BCUT2D eigenvalue weighted by atomic mass is 9.95. The van der Waals surface area contributed by atoms with Gasteiger partial charge in [-0.25, -0.2) is 8.42 Å². The summed E-state index contributed by atoms with van der Waals surface area (Å²) in [5.74, 6) is 0. The maximum Gasteiger partial charge on any atom is 0.253 e. The number of sulfonamides is 1. The van der Waals surface area contributed by atoms with Crippen molar-refractivity contribution in [1.29, 1.82) is 0 Å². The quantitative estimate of drug-likeness (QED) is 0.852. The van der Waals surface area contributed by atoms with E-state index in [1.54, 1.807) is 6.07 Å². The van der Waals surface area contributed by atoms with Gasteiger partial charge in [0.25, 0.3) is 10.0 Å². The van der Waals surface area contributed by atoms with E-state index in [4.69, 9.17) is 0 Å². The molecule has 0 amide bonds. The van der Waals surface area contributed by atoms with E-state index >= 15 is 0 Å². The molecule has 2 aliphatic carbocycles. The predicted molar refractivity (Wildman–Crippen MR) is 78.0 cm³/mol. The Kier molecular flexibility index (Phi) is 3.71. The Hall–Kier alpha value is -0.390.